The highest BCUT2D eigenvalue weighted by molar-refractivity contribution is 7.09. The number of rotatable bonds is 3. The molecule has 2 heterocycles. The summed E-state index contributed by atoms with van der Waals surface area (Å²) in [6, 6.07) is 0. The second kappa shape index (κ2) is 5.50. The predicted molar refractivity (Wildman–Crippen MR) is 76.3 cm³/mol. The molecule has 18 heavy (non-hydrogen) atoms. The number of aromatic nitrogens is 2. The first-order valence-corrected chi connectivity index (χ1v) is 7.29. The van der Waals surface area contributed by atoms with Gasteiger partial charge in [0.15, 0.2) is 0 Å². The Bertz CT molecular complexity index is 376. The minimum atomic E-state index is 0.0378. The second-order valence-electron chi connectivity index (χ2n) is 5.77. The lowest BCUT2D eigenvalue weighted by molar-refractivity contribution is 0.264. The van der Waals surface area contributed by atoms with E-state index >= 15 is 0 Å². The molecule has 0 radical (unpaired) electrons. The molecule has 0 unspecified atom stereocenters. The normalized spacial score (nSPS) is 18.3. The monoisotopic (exact) mass is 269 g/mol. The Morgan fingerprint density at radius 3 is 2.39 bits per heavy atom. The van der Waals surface area contributed by atoms with E-state index < -0.39 is 0 Å². The molecule has 0 spiro atoms. The van der Waals surface area contributed by atoms with Gasteiger partial charge in [-0.1, -0.05) is 20.8 Å². The van der Waals surface area contributed by atoms with Gasteiger partial charge >= 0.3 is 0 Å². The van der Waals surface area contributed by atoms with Crippen LogP contribution in [0.3, 0.4) is 0 Å². The number of hydrogen-bond acceptors (Lipinski definition) is 6. The van der Waals surface area contributed by atoms with E-state index in [0.717, 1.165) is 50.2 Å². The molecule has 0 atom stereocenters. The molecule has 1 aliphatic rings. The van der Waals surface area contributed by atoms with Gasteiger partial charge in [0.25, 0.3) is 0 Å². The fourth-order valence-corrected chi connectivity index (χ4v) is 2.90. The molecule has 0 bridgehead atoms. The molecule has 2 rings (SSSR count). The Balaban J connectivity index is 1.95. The first kappa shape index (κ1) is 13.7. The standard InChI is InChI=1S/C12H23N5S/c1-12(2,3)10-14-11(18-15-10)17-8-6-16(5-4-13)7-9-17/h4-9,13H2,1-3H3. The molecule has 102 valence electrons. The molecule has 2 N–H and O–H groups in total. The topological polar surface area (TPSA) is 58.3 Å². The maximum Gasteiger partial charge on any atom is 0.205 e. The molecule has 0 amide bonds. The highest BCUT2D eigenvalue weighted by atomic mass is 32.1. The minimum Gasteiger partial charge on any atom is -0.344 e. The summed E-state index contributed by atoms with van der Waals surface area (Å²) in [6.07, 6.45) is 0. The lowest BCUT2D eigenvalue weighted by Gasteiger charge is -2.34. The van der Waals surface area contributed by atoms with Crippen molar-refractivity contribution in [2.75, 3.05) is 44.2 Å². The Kier molecular flexibility index (Phi) is 4.19. The van der Waals surface area contributed by atoms with Crippen molar-refractivity contribution in [3.63, 3.8) is 0 Å². The van der Waals surface area contributed by atoms with Gasteiger partial charge in [-0.15, -0.1) is 0 Å². The van der Waals surface area contributed by atoms with Crippen LogP contribution < -0.4 is 10.6 Å². The first-order chi connectivity index (χ1) is 8.50. The summed E-state index contributed by atoms with van der Waals surface area (Å²) in [6.45, 7) is 12.4. The van der Waals surface area contributed by atoms with E-state index in [9.17, 15) is 0 Å². The van der Waals surface area contributed by atoms with Crippen LogP contribution in [0.15, 0.2) is 0 Å². The lowest BCUT2D eigenvalue weighted by Crippen LogP contribution is -2.47. The summed E-state index contributed by atoms with van der Waals surface area (Å²) in [5, 5.41) is 1.06. The van der Waals surface area contributed by atoms with Gasteiger partial charge < -0.3 is 10.6 Å². The van der Waals surface area contributed by atoms with E-state index in [0.29, 0.717) is 0 Å². The summed E-state index contributed by atoms with van der Waals surface area (Å²) in [7, 11) is 0. The second-order valence-corrected chi connectivity index (χ2v) is 6.50. The summed E-state index contributed by atoms with van der Waals surface area (Å²) in [5.41, 5.74) is 5.62. The van der Waals surface area contributed by atoms with Crippen molar-refractivity contribution < 1.29 is 0 Å². The molecule has 0 aromatic carbocycles. The van der Waals surface area contributed by atoms with E-state index in [1.165, 1.54) is 11.5 Å². The van der Waals surface area contributed by atoms with Gasteiger partial charge in [0.1, 0.15) is 5.82 Å². The predicted octanol–water partition coefficient (Wildman–Crippen LogP) is 0.916. The summed E-state index contributed by atoms with van der Waals surface area (Å²) in [4.78, 5) is 9.40. The van der Waals surface area contributed by atoms with Crippen LogP contribution in [0.2, 0.25) is 0 Å². The van der Waals surface area contributed by atoms with Gasteiger partial charge in [0.2, 0.25) is 5.13 Å². The molecule has 1 aromatic heterocycles. The zero-order valence-corrected chi connectivity index (χ0v) is 12.3. The van der Waals surface area contributed by atoms with Gasteiger partial charge in [-0.25, -0.2) is 4.98 Å². The highest BCUT2D eigenvalue weighted by Gasteiger charge is 2.23. The zero-order valence-electron chi connectivity index (χ0n) is 11.5. The Labute approximate surface area is 113 Å². The van der Waals surface area contributed by atoms with Crippen molar-refractivity contribution >= 4 is 16.7 Å². The number of anilines is 1. The van der Waals surface area contributed by atoms with Crippen LogP contribution in [0.1, 0.15) is 26.6 Å². The fourth-order valence-electron chi connectivity index (χ4n) is 1.99. The number of hydrogen-bond donors (Lipinski definition) is 1. The van der Waals surface area contributed by atoms with Crippen LogP contribution in [-0.2, 0) is 5.41 Å². The van der Waals surface area contributed by atoms with Gasteiger partial charge in [-0.2, -0.15) is 4.37 Å². The third-order valence-corrected chi connectivity index (χ3v) is 3.95. The maximum absolute atomic E-state index is 5.58. The Hall–Kier alpha value is -0.720. The van der Waals surface area contributed by atoms with Crippen LogP contribution >= 0.6 is 11.5 Å². The van der Waals surface area contributed by atoms with E-state index in [1.807, 2.05) is 0 Å². The van der Waals surface area contributed by atoms with E-state index in [1.54, 1.807) is 0 Å². The fraction of sp³-hybridized carbons (Fsp3) is 0.833. The number of nitrogens with zero attached hydrogens (tertiary/aromatic N) is 4. The first-order valence-electron chi connectivity index (χ1n) is 6.52. The van der Waals surface area contributed by atoms with Crippen molar-refractivity contribution in [2.24, 2.45) is 5.73 Å². The van der Waals surface area contributed by atoms with Crippen LogP contribution in [0.5, 0.6) is 0 Å². The van der Waals surface area contributed by atoms with Gasteiger partial charge in [-0.05, 0) is 0 Å². The largest absolute Gasteiger partial charge is 0.344 e. The van der Waals surface area contributed by atoms with Crippen LogP contribution in [0.4, 0.5) is 5.13 Å². The average molecular weight is 269 g/mol. The molecule has 1 aromatic rings. The van der Waals surface area contributed by atoms with Crippen LogP contribution in [0.25, 0.3) is 0 Å². The number of piperazine rings is 1. The molecule has 0 aliphatic carbocycles. The Morgan fingerprint density at radius 2 is 1.89 bits per heavy atom. The van der Waals surface area contributed by atoms with Gasteiger partial charge in [0.05, 0.1) is 0 Å². The third kappa shape index (κ3) is 3.18. The van der Waals surface area contributed by atoms with E-state index in [4.69, 9.17) is 5.73 Å². The van der Waals surface area contributed by atoms with E-state index in [-0.39, 0.29) is 5.41 Å². The van der Waals surface area contributed by atoms with Crippen molar-refractivity contribution in [1.29, 1.82) is 0 Å². The highest BCUT2D eigenvalue weighted by Crippen LogP contribution is 2.25. The zero-order chi connectivity index (χ0) is 13.2. The quantitative estimate of drug-likeness (QED) is 0.884. The third-order valence-electron chi connectivity index (χ3n) is 3.17. The minimum absolute atomic E-state index is 0.0378. The Morgan fingerprint density at radius 1 is 1.22 bits per heavy atom. The summed E-state index contributed by atoms with van der Waals surface area (Å²) < 4.78 is 4.47. The number of nitrogens with two attached hydrogens (primary N) is 1. The van der Waals surface area contributed by atoms with E-state index in [2.05, 4.69) is 39.9 Å². The SMILES string of the molecule is CC(C)(C)c1nsc(N2CCN(CCN)CC2)n1. The molecule has 0 saturated carbocycles. The summed E-state index contributed by atoms with van der Waals surface area (Å²) in [5.74, 6) is 0.951. The molecule has 1 fully saturated rings. The van der Waals surface area contributed by atoms with Crippen LogP contribution in [-0.4, -0.2) is 53.5 Å². The lowest BCUT2D eigenvalue weighted by atomic mass is 9.96. The van der Waals surface area contributed by atoms with Crippen LogP contribution in [0, 0.1) is 0 Å². The molecule has 5 nitrogen and oxygen atoms in total. The molecule has 6 heteroatoms. The van der Waals surface area contributed by atoms with Crippen molar-refractivity contribution in [3.05, 3.63) is 5.82 Å². The summed E-state index contributed by atoms with van der Waals surface area (Å²) >= 11 is 1.52. The van der Waals surface area contributed by atoms with Crippen molar-refractivity contribution in [3.8, 4) is 0 Å². The smallest absolute Gasteiger partial charge is 0.205 e. The van der Waals surface area contributed by atoms with Crippen molar-refractivity contribution in [2.45, 2.75) is 26.2 Å². The van der Waals surface area contributed by atoms with Gasteiger partial charge in [0, 0.05) is 56.2 Å². The molecular formula is C12H23N5S. The molecule has 1 aliphatic heterocycles. The van der Waals surface area contributed by atoms with Gasteiger partial charge in [-0.3, -0.25) is 4.90 Å². The molecule has 1 saturated heterocycles. The average Bonchev–Trinajstić information content (AvgIpc) is 2.79. The molecular weight excluding hydrogens is 246 g/mol. The van der Waals surface area contributed by atoms with Crippen molar-refractivity contribution in [1.82, 2.24) is 14.3 Å². The maximum atomic E-state index is 5.58.